The number of nitrogens with one attached hydrogen (secondary N) is 1. The van der Waals surface area contributed by atoms with E-state index in [1.807, 2.05) is 26.8 Å². The highest BCUT2D eigenvalue weighted by Gasteiger charge is 2.17. The van der Waals surface area contributed by atoms with E-state index in [0.29, 0.717) is 22.3 Å². The fourth-order valence-electron chi connectivity index (χ4n) is 3.18. The first-order valence-electron chi connectivity index (χ1n) is 9.55. The Labute approximate surface area is 168 Å². The number of carbonyl (C=O) groups excluding carboxylic acids is 1. The first kappa shape index (κ1) is 20.4. The average Bonchev–Trinajstić information content (AvgIpc) is 2.71. The number of hydrogen-bond acceptors (Lipinski definition) is 4. The van der Waals surface area contributed by atoms with Crippen LogP contribution in [0.2, 0.25) is 0 Å². The molecule has 0 unspecified atom stereocenters. The molecule has 1 amide bonds. The molecule has 7 heteroatoms. The van der Waals surface area contributed by atoms with Gasteiger partial charge in [0.15, 0.2) is 0 Å². The average molecular weight is 395 g/mol. The van der Waals surface area contributed by atoms with Crippen LogP contribution in [0.25, 0.3) is 16.6 Å². The van der Waals surface area contributed by atoms with Crippen molar-refractivity contribution in [3.05, 3.63) is 68.9 Å². The molecule has 3 rings (SSSR count). The van der Waals surface area contributed by atoms with Crippen molar-refractivity contribution in [3.8, 4) is 11.4 Å². The molecule has 0 aliphatic carbocycles. The zero-order valence-corrected chi connectivity index (χ0v) is 17.1. The van der Waals surface area contributed by atoms with Crippen LogP contribution in [0, 0.1) is 6.92 Å². The minimum absolute atomic E-state index is 0.00370. The van der Waals surface area contributed by atoms with Gasteiger partial charge in [0.05, 0.1) is 23.7 Å². The van der Waals surface area contributed by atoms with E-state index < -0.39 is 11.2 Å². The van der Waals surface area contributed by atoms with E-state index in [4.69, 9.17) is 4.74 Å². The van der Waals surface area contributed by atoms with Gasteiger partial charge in [-0.1, -0.05) is 24.6 Å². The molecule has 2 aromatic carbocycles. The third kappa shape index (κ3) is 4.08. The van der Waals surface area contributed by atoms with Crippen molar-refractivity contribution in [2.45, 2.75) is 39.8 Å². The first-order valence-corrected chi connectivity index (χ1v) is 9.55. The molecule has 0 spiro atoms. The molecule has 0 saturated heterocycles. The third-order valence-corrected chi connectivity index (χ3v) is 4.93. The number of hydrogen-bond donors (Lipinski definition) is 1. The number of ether oxygens (including phenoxy) is 1. The Bertz CT molecular complexity index is 1180. The van der Waals surface area contributed by atoms with Crippen LogP contribution < -0.4 is 21.3 Å². The van der Waals surface area contributed by atoms with Gasteiger partial charge in [-0.05, 0) is 44.5 Å². The molecule has 0 bridgehead atoms. The van der Waals surface area contributed by atoms with E-state index in [1.165, 1.54) is 11.7 Å². The van der Waals surface area contributed by atoms with Crippen LogP contribution in [-0.2, 0) is 11.3 Å². The van der Waals surface area contributed by atoms with Crippen LogP contribution >= 0.6 is 0 Å². The highest BCUT2D eigenvalue weighted by atomic mass is 16.5. The maximum absolute atomic E-state index is 13.3. The molecule has 3 aromatic rings. The molecule has 1 heterocycles. The quantitative estimate of drug-likeness (QED) is 0.695. The summed E-state index contributed by atoms with van der Waals surface area (Å²) >= 11 is 0. The van der Waals surface area contributed by atoms with Gasteiger partial charge in [-0.2, -0.15) is 0 Å². The number of fused-ring (bicyclic) bond motifs is 1. The summed E-state index contributed by atoms with van der Waals surface area (Å²) in [4.78, 5) is 39.0. The summed E-state index contributed by atoms with van der Waals surface area (Å²) in [6.07, 6.45) is 0.782. The predicted octanol–water partition coefficient (Wildman–Crippen LogP) is 2.38. The Balaban J connectivity index is 2.26. The Kier molecular flexibility index (Phi) is 5.87. The van der Waals surface area contributed by atoms with E-state index in [9.17, 15) is 14.4 Å². The lowest BCUT2D eigenvalue weighted by Crippen LogP contribution is -2.43. The monoisotopic (exact) mass is 395 g/mol. The molecule has 0 aliphatic heterocycles. The zero-order chi connectivity index (χ0) is 21.1. The maximum Gasteiger partial charge on any atom is 0.336 e. The number of carbonyl (C=O) groups is 1. The van der Waals surface area contributed by atoms with E-state index in [-0.39, 0.29) is 18.5 Å². The van der Waals surface area contributed by atoms with Crippen molar-refractivity contribution in [3.63, 3.8) is 0 Å². The van der Waals surface area contributed by atoms with Gasteiger partial charge < -0.3 is 10.1 Å². The molecule has 1 N–H and O–H groups in total. The lowest BCUT2D eigenvalue weighted by atomic mass is 10.1. The number of aryl methyl sites for hydroxylation is 1. The highest BCUT2D eigenvalue weighted by molar-refractivity contribution is 5.82. The lowest BCUT2D eigenvalue weighted by molar-refractivity contribution is -0.122. The fourth-order valence-corrected chi connectivity index (χ4v) is 3.18. The third-order valence-electron chi connectivity index (χ3n) is 4.93. The van der Waals surface area contributed by atoms with Crippen LogP contribution in [0.4, 0.5) is 0 Å². The molecule has 0 fully saturated rings. The van der Waals surface area contributed by atoms with Gasteiger partial charge in [0.25, 0.3) is 5.56 Å². The Hall–Kier alpha value is -3.35. The van der Waals surface area contributed by atoms with E-state index in [2.05, 4.69) is 5.32 Å². The van der Waals surface area contributed by atoms with Gasteiger partial charge in [-0.25, -0.2) is 9.36 Å². The molecule has 0 aliphatic rings. The topological polar surface area (TPSA) is 82.3 Å². The largest absolute Gasteiger partial charge is 0.497 e. The molecule has 0 radical (unpaired) electrons. The smallest absolute Gasteiger partial charge is 0.336 e. The maximum atomic E-state index is 13.3. The summed E-state index contributed by atoms with van der Waals surface area (Å²) in [7, 11) is 1.52. The highest BCUT2D eigenvalue weighted by Crippen LogP contribution is 2.16. The van der Waals surface area contributed by atoms with Gasteiger partial charge in [0, 0.05) is 12.1 Å². The standard InChI is InChI=1S/C22H25N3O4/c1-5-15(3)23-20(26)13-24-19-10-9-14(2)11-18(19)21(27)25(22(24)28)16-7-6-8-17(12-16)29-4/h6-12,15H,5,13H2,1-4H3,(H,23,26)/t15-/m1/s1. The lowest BCUT2D eigenvalue weighted by Gasteiger charge is -2.16. The summed E-state index contributed by atoms with van der Waals surface area (Å²) in [5.74, 6) is 0.248. The number of amides is 1. The fraction of sp³-hybridized carbons (Fsp3) is 0.318. The summed E-state index contributed by atoms with van der Waals surface area (Å²) in [6.45, 7) is 5.57. The SMILES string of the molecule is CC[C@@H](C)NC(=O)Cn1c(=O)n(-c2cccc(OC)c2)c(=O)c2cc(C)ccc21. The van der Waals surface area contributed by atoms with Crippen molar-refractivity contribution < 1.29 is 9.53 Å². The van der Waals surface area contributed by atoms with Gasteiger partial charge >= 0.3 is 5.69 Å². The summed E-state index contributed by atoms with van der Waals surface area (Å²) in [5.41, 5.74) is 0.711. The number of benzene rings is 2. The van der Waals surface area contributed by atoms with Gasteiger partial charge in [-0.3, -0.25) is 14.2 Å². The molecular weight excluding hydrogens is 370 g/mol. The summed E-state index contributed by atoms with van der Waals surface area (Å²) in [5, 5.41) is 3.25. The molecule has 29 heavy (non-hydrogen) atoms. The van der Waals surface area contributed by atoms with Gasteiger partial charge in [0.1, 0.15) is 12.3 Å². The van der Waals surface area contributed by atoms with E-state index >= 15 is 0 Å². The molecule has 1 atom stereocenters. The zero-order valence-electron chi connectivity index (χ0n) is 17.1. The van der Waals surface area contributed by atoms with Crippen molar-refractivity contribution in [1.29, 1.82) is 0 Å². The Morgan fingerprint density at radius 1 is 1.17 bits per heavy atom. The van der Waals surface area contributed by atoms with Crippen LogP contribution in [0.5, 0.6) is 5.75 Å². The van der Waals surface area contributed by atoms with Crippen LogP contribution in [0.15, 0.2) is 52.1 Å². The number of aromatic nitrogens is 2. The minimum atomic E-state index is -0.570. The first-order chi connectivity index (χ1) is 13.8. The molecule has 7 nitrogen and oxygen atoms in total. The van der Waals surface area contributed by atoms with Gasteiger partial charge in [0.2, 0.25) is 5.91 Å². The molecular formula is C22H25N3O4. The van der Waals surface area contributed by atoms with E-state index in [0.717, 1.165) is 16.6 Å². The van der Waals surface area contributed by atoms with Crippen molar-refractivity contribution in [1.82, 2.24) is 14.5 Å². The number of nitrogens with zero attached hydrogens (tertiary/aromatic N) is 2. The number of methoxy groups -OCH3 is 1. The minimum Gasteiger partial charge on any atom is -0.497 e. The van der Waals surface area contributed by atoms with Crippen molar-refractivity contribution in [2.75, 3.05) is 7.11 Å². The molecule has 1 aromatic heterocycles. The second-order valence-corrected chi connectivity index (χ2v) is 7.11. The second-order valence-electron chi connectivity index (χ2n) is 7.11. The number of rotatable bonds is 6. The van der Waals surface area contributed by atoms with E-state index in [1.54, 1.807) is 36.4 Å². The van der Waals surface area contributed by atoms with Crippen molar-refractivity contribution in [2.24, 2.45) is 0 Å². The summed E-state index contributed by atoms with van der Waals surface area (Å²) < 4.78 is 7.65. The second kappa shape index (κ2) is 8.34. The van der Waals surface area contributed by atoms with Crippen LogP contribution in [0.1, 0.15) is 25.8 Å². The summed E-state index contributed by atoms with van der Waals surface area (Å²) in [6, 6.07) is 12.0. The normalized spacial score (nSPS) is 12.0. The Morgan fingerprint density at radius 3 is 2.62 bits per heavy atom. The van der Waals surface area contributed by atoms with Crippen LogP contribution in [0.3, 0.4) is 0 Å². The molecule has 0 saturated carbocycles. The Morgan fingerprint density at radius 2 is 1.93 bits per heavy atom. The van der Waals surface area contributed by atoms with Crippen molar-refractivity contribution >= 4 is 16.8 Å². The van der Waals surface area contributed by atoms with Gasteiger partial charge in [-0.15, -0.1) is 0 Å². The van der Waals surface area contributed by atoms with Crippen LogP contribution in [-0.4, -0.2) is 28.2 Å². The predicted molar refractivity (Wildman–Crippen MR) is 113 cm³/mol. The molecule has 152 valence electrons.